The number of thiophene rings is 1. The molecule has 3 aromatic heterocycles. The van der Waals surface area contributed by atoms with Crippen molar-refractivity contribution >= 4 is 40.6 Å². The number of aryl methyl sites for hydroxylation is 2. The molecule has 3 heterocycles. The molecule has 1 amide bonds. The van der Waals surface area contributed by atoms with Gasteiger partial charge in [0.25, 0.3) is 5.91 Å². The number of anilines is 1. The van der Waals surface area contributed by atoms with E-state index in [4.69, 9.17) is 16.3 Å². The smallest absolute Gasteiger partial charge is 0.341 e. The van der Waals surface area contributed by atoms with Crippen LogP contribution in [0.2, 0.25) is 5.02 Å². The Labute approximate surface area is 159 Å². The van der Waals surface area contributed by atoms with Crippen LogP contribution in [0.3, 0.4) is 0 Å². The Balaban J connectivity index is 1.65. The summed E-state index contributed by atoms with van der Waals surface area (Å²) in [6, 6.07) is 8.83. The summed E-state index contributed by atoms with van der Waals surface area (Å²) in [6.07, 6.45) is 1.42. The van der Waals surface area contributed by atoms with E-state index in [2.05, 4.69) is 10.3 Å². The van der Waals surface area contributed by atoms with Crippen molar-refractivity contribution in [3.05, 3.63) is 63.9 Å². The van der Waals surface area contributed by atoms with Gasteiger partial charge in [-0.3, -0.25) is 4.79 Å². The number of esters is 1. The molecule has 0 aliphatic heterocycles. The van der Waals surface area contributed by atoms with Crippen molar-refractivity contribution in [2.75, 3.05) is 11.9 Å². The van der Waals surface area contributed by atoms with Gasteiger partial charge in [-0.25, -0.2) is 9.78 Å². The molecule has 3 rings (SSSR count). The first-order valence-electron chi connectivity index (χ1n) is 7.77. The number of carbonyl (C=O) groups excluding carboxylic acids is 2. The fourth-order valence-corrected chi connectivity index (χ4v) is 3.57. The van der Waals surface area contributed by atoms with Crippen LogP contribution in [-0.2, 0) is 9.53 Å². The normalized spacial score (nSPS) is 10.6. The fourth-order valence-electron chi connectivity index (χ4n) is 2.46. The number of ether oxygens (including phenoxy) is 1. The van der Waals surface area contributed by atoms with E-state index >= 15 is 0 Å². The second-order valence-corrected chi connectivity index (χ2v) is 6.91. The number of amides is 1. The number of pyridine rings is 1. The third-order valence-corrected chi connectivity index (χ3v) is 4.79. The molecule has 0 radical (unpaired) electrons. The van der Waals surface area contributed by atoms with Crippen LogP contribution in [0, 0.1) is 13.8 Å². The molecule has 26 heavy (non-hydrogen) atoms. The predicted octanol–water partition coefficient (Wildman–Crippen LogP) is 4.00. The van der Waals surface area contributed by atoms with Gasteiger partial charge in [0, 0.05) is 17.6 Å². The number of nitrogens with zero attached hydrogens (tertiary/aromatic N) is 2. The topological polar surface area (TPSA) is 73.2 Å². The van der Waals surface area contributed by atoms with Crippen molar-refractivity contribution in [1.82, 2.24) is 9.55 Å². The molecular weight excluding hydrogens is 374 g/mol. The van der Waals surface area contributed by atoms with Crippen LogP contribution in [-0.4, -0.2) is 28.0 Å². The Bertz CT molecular complexity index is 928. The minimum atomic E-state index is -0.548. The second-order valence-electron chi connectivity index (χ2n) is 5.58. The van der Waals surface area contributed by atoms with Gasteiger partial charge in [-0.15, -0.1) is 11.3 Å². The largest absolute Gasteiger partial charge is 0.452 e. The lowest BCUT2D eigenvalue weighted by Crippen LogP contribution is -2.21. The maximum atomic E-state index is 12.4. The van der Waals surface area contributed by atoms with Crippen LogP contribution in [0.5, 0.6) is 0 Å². The highest BCUT2D eigenvalue weighted by Crippen LogP contribution is 2.26. The number of hydrogen-bond acceptors (Lipinski definition) is 5. The summed E-state index contributed by atoms with van der Waals surface area (Å²) in [5, 5.41) is 5.60. The predicted molar refractivity (Wildman–Crippen MR) is 101 cm³/mol. The molecular formula is C18H16ClN3O3S. The van der Waals surface area contributed by atoms with E-state index in [1.165, 1.54) is 17.5 Å². The molecule has 0 aliphatic carbocycles. The lowest BCUT2D eigenvalue weighted by molar-refractivity contribution is -0.119. The minimum Gasteiger partial charge on any atom is -0.452 e. The van der Waals surface area contributed by atoms with Gasteiger partial charge in [-0.1, -0.05) is 11.6 Å². The van der Waals surface area contributed by atoms with Crippen LogP contribution in [0.15, 0.2) is 41.9 Å². The number of nitrogens with one attached hydrogen (secondary N) is 1. The van der Waals surface area contributed by atoms with Crippen LogP contribution >= 0.6 is 22.9 Å². The van der Waals surface area contributed by atoms with Crippen molar-refractivity contribution in [1.29, 1.82) is 0 Å². The summed E-state index contributed by atoms with van der Waals surface area (Å²) < 4.78 is 7.14. The van der Waals surface area contributed by atoms with Gasteiger partial charge in [0.15, 0.2) is 6.61 Å². The second kappa shape index (κ2) is 7.72. The van der Waals surface area contributed by atoms with Gasteiger partial charge in [0.2, 0.25) is 0 Å². The summed E-state index contributed by atoms with van der Waals surface area (Å²) in [5.74, 6) is -0.684. The minimum absolute atomic E-state index is 0.338. The molecule has 0 aliphatic rings. The number of aromatic nitrogens is 2. The quantitative estimate of drug-likeness (QED) is 0.669. The highest BCUT2D eigenvalue weighted by Gasteiger charge is 2.19. The van der Waals surface area contributed by atoms with Crippen LogP contribution < -0.4 is 5.32 Å². The van der Waals surface area contributed by atoms with Crippen molar-refractivity contribution in [3.63, 3.8) is 0 Å². The van der Waals surface area contributed by atoms with Crippen molar-refractivity contribution < 1.29 is 14.3 Å². The molecule has 0 atom stereocenters. The van der Waals surface area contributed by atoms with E-state index in [-0.39, 0.29) is 0 Å². The molecule has 0 saturated heterocycles. The molecule has 3 aromatic rings. The van der Waals surface area contributed by atoms with Gasteiger partial charge in [-0.2, -0.15) is 0 Å². The number of halogens is 1. The summed E-state index contributed by atoms with van der Waals surface area (Å²) in [6.45, 7) is 3.53. The lowest BCUT2D eigenvalue weighted by Gasteiger charge is -2.10. The first kappa shape index (κ1) is 18.2. The van der Waals surface area contributed by atoms with E-state index in [1.807, 2.05) is 35.9 Å². The SMILES string of the molecule is Cc1ccc(C)n1-c1sccc1C(=O)OCC(=O)Nc1ccc(Cl)cn1. The first-order chi connectivity index (χ1) is 12.5. The zero-order valence-electron chi connectivity index (χ0n) is 14.2. The van der Waals surface area contributed by atoms with E-state index in [9.17, 15) is 9.59 Å². The maximum absolute atomic E-state index is 12.4. The van der Waals surface area contributed by atoms with Crippen molar-refractivity contribution in [2.45, 2.75) is 13.8 Å². The molecule has 8 heteroatoms. The number of hydrogen-bond donors (Lipinski definition) is 1. The van der Waals surface area contributed by atoms with Crippen LogP contribution in [0.1, 0.15) is 21.7 Å². The molecule has 0 aromatic carbocycles. The molecule has 0 spiro atoms. The average molecular weight is 390 g/mol. The zero-order valence-corrected chi connectivity index (χ0v) is 15.7. The Hall–Kier alpha value is -2.64. The standard InChI is InChI=1S/C18H16ClN3O3S/c1-11-3-4-12(2)22(11)17-14(7-8-26-17)18(24)25-10-16(23)21-15-6-5-13(19)9-20-15/h3-9H,10H2,1-2H3,(H,20,21,23). The lowest BCUT2D eigenvalue weighted by atomic mass is 10.3. The van der Waals surface area contributed by atoms with E-state index in [0.29, 0.717) is 16.4 Å². The number of rotatable bonds is 5. The first-order valence-corrected chi connectivity index (χ1v) is 9.03. The van der Waals surface area contributed by atoms with Crippen molar-refractivity contribution in [3.8, 4) is 5.00 Å². The Morgan fingerprint density at radius 2 is 1.92 bits per heavy atom. The average Bonchev–Trinajstić information content (AvgIpc) is 3.21. The van der Waals surface area contributed by atoms with Crippen LogP contribution in [0.4, 0.5) is 5.82 Å². The fraction of sp³-hybridized carbons (Fsp3) is 0.167. The Kier molecular flexibility index (Phi) is 5.39. The number of carbonyl (C=O) groups is 2. The third-order valence-electron chi connectivity index (χ3n) is 3.67. The van der Waals surface area contributed by atoms with Crippen molar-refractivity contribution in [2.24, 2.45) is 0 Å². The van der Waals surface area contributed by atoms with Gasteiger partial charge in [0.05, 0.1) is 10.6 Å². The molecule has 0 unspecified atom stereocenters. The summed E-state index contributed by atoms with van der Waals surface area (Å²) in [5.41, 5.74) is 2.46. The molecule has 0 fully saturated rings. The van der Waals surface area contributed by atoms with E-state index in [1.54, 1.807) is 18.2 Å². The summed E-state index contributed by atoms with van der Waals surface area (Å²) in [7, 11) is 0. The van der Waals surface area contributed by atoms with Gasteiger partial charge < -0.3 is 14.6 Å². The summed E-state index contributed by atoms with van der Waals surface area (Å²) in [4.78, 5) is 28.3. The Morgan fingerprint density at radius 1 is 1.19 bits per heavy atom. The summed E-state index contributed by atoms with van der Waals surface area (Å²) >= 11 is 7.18. The Morgan fingerprint density at radius 3 is 2.58 bits per heavy atom. The van der Waals surface area contributed by atoms with Gasteiger partial charge >= 0.3 is 5.97 Å². The molecule has 1 N–H and O–H groups in total. The van der Waals surface area contributed by atoms with Gasteiger partial charge in [0.1, 0.15) is 10.8 Å². The third kappa shape index (κ3) is 3.95. The molecule has 6 nitrogen and oxygen atoms in total. The molecule has 0 bridgehead atoms. The highest BCUT2D eigenvalue weighted by molar-refractivity contribution is 7.13. The maximum Gasteiger partial charge on any atom is 0.341 e. The monoisotopic (exact) mass is 389 g/mol. The van der Waals surface area contributed by atoms with Crippen LogP contribution in [0.25, 0.3) is 5.00 Å². The molecule has 0 saturated carbocycles. The molecule has 134 valence electrons. The highest BCUT2D eigenvalue weighted by atomic mass is 35.5. The van der Waals surface area contributed by atoms with E-state index in [0.717, 1.165) is 16.4 Å². The zero-order chi connectivity index (χ0) is 18.7. The van der Waals surface area contributed by atoms with Gasteiger partial charge in [-0.05, 0) is 49.6 Å². The van der Waals surface area contributed by atoms with E-state index < -0.39 is 18.5 Å².